The molecule has 8 nitrogen and oxygen atoms in total. The monoisotopic (exact) mass is 409 g/mol. The van der Waals surface area contributed by atoms with Gasteiger partial charge in [-0.15, -0.1) is 0 Å². The number of rotatable bonds is 4. The molecule has 1 aliphatic heterocycles. The molecule has 1 aromatic heterocycles. The fourth-order valence-electron chi connectivity index (χ4n) is 3.06. The van der Waals surface area contributed by atoms with Gasteiger partial charge in [0.25, 0.3) is 5.56 Å². The quantitative estimate of drug-likeness (QED) is 0.807. The molecule has 2 atom stereocenters. The molecule has 148 valence electrons. The normalized spacial score (nSPS) is 18.9. The zero-order chi connectivity index (χ0) is 20.4. The number of pyridine rings is 1. The first-order chi connectivity index (χ1) is 13.3. The highest BCUT2D eigenvalue weighted by atomic mass is 35.5. The standard InChI is InChI=1S/C18H17ClFN3O5/c1-28-12-7-15(23(9-12)18(26)27)17(25)21-14-4-3-11(6-13(14)20)22-8-10(19)2-5-16(22)24/h2-6,8,12,15H,7,9H2,1H3,(H,21,25)(H,26,27)/t12-,15-/m1/s1. The summed E-state index contributed by atoms with van der Waals surface area (Å²) in [5.41, 5.74) is -0.292. The minimum atomic E-state index is -1.25. The molecule has 10 heteroatoms. The van der Waals surface area contributed by atoms with Crippen molar-refractivity contribution in [3.63, 3.8) is 0 Å². The van der Waals surface area contributed by atoms with Crippen molar-refractivity contribution in [2.24, 2.45) is 0 Å². The summed E-state index contributed by atoms with van der Waals surface area (Å²) in [7, 11) is 1.43. The number of carboxylic acid groups (broad SMARTS) is 1. The van der Waals surface area contributed by atoms with Crippen molar-refractivity contribution < 1.29 is 23.8 Å². The van der Waals surface area contributed by atoms with Crippen LogP contribution in [0.25, 0.3) is 5.69 Å². The number of amides is 2. The number of nitrogens with one attached hydrogen (secondary N) is 1. The Morgan fingerprint density at radius 2 is 2.07 bits per heavy atom. The van der Waals surface area contributed by atoms with E-state index in [0.29, 0.717) is 5.02 Å². The molecule has 0 unspecified atom stereocenters. The summed E-state index contributed by atoms with van der Waals surface area (Å²) in [5.74, 6) is -1.44. The van der Waals surface area contributed by atoms with Crippen LogP contribution in [0.4, 0.5) is 14.9 Å². The van der Waals surface area contributed by atoms with Crippen molar-refractivity contribution in [2.45, 2.75) is 18.6 Å². The number of hydrogen-bond acceptors (Lipinski definition) is 4. The van der Waals surface area contributed by atoms with Gasteiger partial charge in [-0.1, -0.05) is 11.6 Å². The SMILES string of the molecule is CO[C@@H]1C[C@H](C(=O)Nc2ccc(-n3cc(Cl)ccc3=O)cc2F)N(C(=O)O)C1. The van der Waals surface area contributed by atoms with E-state index in [9.17, 15) is 23.9 Å². The summed E-state index contributed by atoms with van der Waals surface area (Å²) < 4.78 is 20.8. The maximum Gasteiger partial charge on any atom is 0.408 e. The van der Waals surface area contributed by atoms with Gasteiger partial charge in [0.1, 0.15) is 11.9 Å². The van der Waals surface area contributed by atoms with E-state index in [2.05, 4.69) is 5.32 Å². The van der Waals surface area contributed by atoms with Crippen LogP contribution < -0.4 is 10.9 Å². The largest absolute Gasteiger partial charge is 0.465 e. The van der Waals surface area contributed by atoms with Gasteiger partial charge in [-0.05, 0) is 18.2 Å². The van der Waals surface area contributed by atoms with Crippen LogP contribution >= 0.6 is 11.6 Å². The Labute approximate surface area is 164 Å². The summed E-state index contributed by atoms with van der Waals surface area (Å²) in [4.78, 5) is 36.7. The molecular formula is C18H17ClFN3O5. The van der Waals surface area contributed by atoms with E-state index in [4.69, 9.17) is 16.3 Å². The summed E-state index contributed by atoms with van der Waals surface area (Å²) in [6.07, 6.45) is -0.137. The van der Waals surface area contributed by atoms with Crippen LogP contribution in [0.2, 0.25) is 5.02 Å². The number of carbonyl (C=O) groups is 2. The summed E-state index contributed by atoms with van der Waals surface area (Å²) in [6.45, 7) is 0.0586. The lowest BCUT2D eigenvalue weighted by atomic mass is 10.1. The van der Waals surface area contributed by atoms with E-state index in [1.54, 1.807) is 0 Å². The van der Waals surface area contributed by atoms with Gasteiger partial charge in [0.2, 0.25) is 5.91 Å². The Balaban J connectivity index is 1.81. The van der Waals surface area contributed by atoms with Crippen LogP contribution in [0.1, 0.15) is 6.42 Å². The highest BCUT2D eigenvalue weighted by Crippen LogP contribution is 2.24. The van der Waals surface area contributed by atoms with E-state index in [1.165, 1.54) is 42.1 Å². The number of anilines is 1. The number of benzene rings is 1. The third kappa shape index (κ3) is 4.00. The Kier molecular flexibility index (Phi) is 5.66. The zero-order valence-corrected chi connectivity index (χ0v) is 15.5. The topological polar surface area (TPSA) is 101 Å². The number of aromatic nitrogens is 1. The maximum atomic E-state index is 14.5. The number of nitrogens with zero attached hydrogens (tertiary/aromatic N) is 2. The Morgan fingerprint density at radius 1 is 1.32 bits per heavy atom. The van der Waals surface area contributed by atoms with Gasteiger partial charge in [-0.2, -0.15) is 0 Å². The number of ether oxygens (including phenoxy) is 1. The van der Waals surface area contributed by atoms with Crippen molar-refractivity contribution in [1.82, 2.24) is 9.47 Å². The molecule has 2 aromatic rings. The fourth-order valence-corrected chi connectivity index (χ4v) is 3.22. The van der Waals surface area contributed by atoms with E-state index in [-0.39, 0.29) is 24.3 Å². The lowest BCUT2D eigenvalue weighted by Gasteiger charge is -2.20. The van der Waals surface area contributed by atoms with Crippen LogP contribution in [0.3, 0.4) is 0 Å². The average Bonchev–Trinajstić information content (AvgIpc) is 3.10. The smallest absolute Gasteiger partial charge is 0.408 e. The Morgan fingerprint density at radius 3 is 2.71 bits per heavy atom. The molecule has 1 aromatic carbocycles. The first kappa shape index (κ1) is 19.8. The van der Waals surface area contributed by atoms with Gasteiger partial charge in [0, 0.05) is 31.9 Å². The minimum Gasteiger partial charge on any atom is -0.465 e. The third-order valence-corrected chi connectivity index (χ3v) is 4.73. The van der Waals surface area contributed by atoms with E-state index >= 15 is 0 Å². The second kappa shape index (κ2) is 7.99. The minimum absolute atomic E-state index is 0.0586. The van der Waals surface area contributed by atoms with Gasteiger partial charge in [-0.3, -0.25) is 19.1 Å². The molecule has 0 aliphatic carbocycles. The predicted molar refractivity (Wildman–Crippen MR) is 99.6 cm³/mol. The van der Waals surface area contributed by atoms with Crippen molar-refractivity contribution in [3.05, 3.63) is 57.7 Å². The number of methoxy groups -OCH3 is 1. The van der Waals surface area contributed by atoms with Crippen LogP contribution in [-0.2, 0) is 9.53 Å². The van der Waals surface area contributed by atoms with Crippen molar-refractivity contribution >= 4 is 29.3 Å². The van der Waals surface area contributed by atoms with Crippen LogP contribution in [0, 0.1) is 5.82 Å². The van der Waals surface area contributed by atoms with Crippen LogP contribution in [-0.4, -0.2) is 52.4 Å². The number of carbonyl (C=O) groups excluding carboxylic acids is 1. The second-order valence-corrected chi connectivity index (χ2v) is 6.69. The second-order valence-electron chi connectivity index (χ2n) is 6.25. The molecule has 1 fully saturated rings. The van der Waals surface area contributed by atoms with Gasteiger partial charge in [0.15, 0.2) is 0 Å². The summed E-state index contributed by atoms with van der Waals surface area (Å²) in [5, 5.41) is 12.0. The lowest BCUT2D eigenvalue weighted by Crippen LogP contribution is -2.42. The lowest BCUT2D eigenvalue weighted by molar-refractivity contribution is -0.120. The molecular weight excluding hydrogens is 393 g/mol. The maximum absolute atomic E-state index is 14.5. The van der Waals surface area contributed by atoms with Crippen LogP contribution in [0.15, 0.2) is 41.3 Å². The molecule has 0 bridgehead atoms. The molecule has 1 saturated heterocycles. The highest BCUT2D eigenvalue weighted by molar-refractivity contribution is 6.30. The number of likely N-dealkylation sites (tertiary alicyclic amines) is 1. The van der Waals surface area contributed by atoms with Gasteiger partial charge < -0.3 is 15.2 Å². The van der Waals surface area contributed by atoms with Crippen molar-refractivity contribution in [1.29, 1.82) is 0 Å². The number of halogens is 2. The molecule has 0 saturated carbocycles. The highest BCUT2D eigenvalue weighted by Gasteiger charge is 2.40. The van der Waals surface area contributed by atoms with Gasteiger partial charge in [-0.25, -0.2) is 9.18 Å². The third-order valence-electron chi connectivity index (χ3n) is 4.51. The van der Waals surface area contributed by atoms with E-state index in [1.807, 2.05) is 0 Å². The van der Waals surface area contributed by atoms with Gasteiger partial charge in [0.05, 0.1) is 29.0 Å². The Hall–Kier alpha value is -2.91. The molecule has 1 aliphatic rings. The molecule has 0 spiro atoms. The van der Waals surface area contributed by atoms with E-state index in [0.717, 1.165) is 11.0 Å². The molecule has 2 N–H and O–H groups in total. The molecule has 2 heterocycles. The summed E-state index contributed by atoms with van der Waals surface area (Å²) >= 11 is 5.87. The molecule has 0 radical (unpaired) electrons. The first-order valence-electron chi connectivity index (χ1n) is 8.31. The number of hydrogen-bond donors (Lipinski definition) is 2. The molecule has 28 heavy (non-hydrogen) atoms. The predicted octanol–water partition coefficient (Wildman–Crippen LogP) is 2.34. The van der Waals surface area contributed by atoms with Crippen molar-refractivity contribution in [2.75, 3.05) is 19.0 Å². The molecule has 2 amide bonds. The first-order valence-corrected chi connectivity index (χ1v) is 8.69. The fraction of sp³-hybridized carbons (Fsp3) is 0.278. The average molecular weight is 410 g/mol. The van der Waals surface area contributed by atoms with Crippen molar-refractivity contribution in [3.8, 4) is 5.69 Å². The Bertz CT molecular complexity index is 980. The molecule has 3 rings (SSSR count). The summed E-state index contributed by atoms with van der Waals surface area (Å²) in [6, 6.07) is 5.51. The van der Waals surface area contributed by atoms with E-state index < -0.39 is 35.5 Å². The van der Waals surface area contributed by atoms with Crippen LogP contribution in [0.5, 0.6) is 0 Å². The zero-order valence-electron chi connectivity index (χ0n) is 14.8. The van der Waals surface area contributed by atoms with Gasteiger partial charge >= 0.3 is 6.09 Å².